The summed E-state index contributed by atoms with van der Waals surface area (Å²) >= 11 is 1.79. The van der Waals surface area contributed by atoms with Crippen LogP contribution in [0, 0.1) is 0 Å². The molecule has 0 radical (unpaired) electrons. The largest absolute Gasteiger partial charge is 0.312 e. The highest BCUT2D eigenvalue weighted by Gasteiger charge is 2.05. The van der Waals surface area contributed by atoms with Crippen LogP contribution in [0.25, 0.3) is 10.1 Å². The number of thiophene rings is 1. The predicted octanol–water partition coefficient (Wildman–Crippen LogP) is 4.23. The van der Waals surface area contributed by atoms with E-state index < -0.39 is 0 Å². The summed E-state index contributed by atoms with van der Waals surface area (Å²) in [4.78, 5) is 0. The van der Waals surface area contributed by atoms with E-state index in [-0.39, 0.29) is 0 Å². The molecule has 0 spiro atoms. The van der Waals surface area contributed by atoms with Crippen molar-refractivity contribution in [1.29, 1.82) is 0 Å². The lowest BCUT2D eigenvalue weighted by molar-refractivity contribution is 0.644. The maximum absolute atomic E-state index is 3.34. The van der Waals surface area contributed by atoms with Gasteiger partial charge in [-0.2, -0.15) is 0 Å². The van der Waals surface area contributed by atoms with Gasteiger partial charge in [0.2, 0.25) is 0 Å². The van der Waals surface area contributed by atoms with Gasteiger partial charge in [0.25, 0.3) is 0 Å². The highest BCUT2D eigenvalue weighted by atomic mass is 32.1. The lowest BCUT2D eigenvalue weighted by atomic mass is 10.0. The smallest absolute Gasteiger partial charge is 0.0342 e. The Morgan fingerprint density at radius 3 is 2.47 bits per heavy atom. The van der Waals surface area contributed by atoms with Gasteiger partial charge in [-0.05, 0) is 47.0 Å². The van der Waals surface area contributed by atoms with Crippen LogP contribution in [-0.4, -0.2) is 6.54 Å². The molecular formula is C17H17NS. The summed E-state index contributed by atoms with van der Waals surface area (Å²) in [7, 11) is 0. The third-order valence-electron chi connectivity index (χ3n) is 3.37. The summed E-state index contributed by atoms with van der Waals surface area (Å²) in [6.07, 6.45) is 1.19. The SMILES string of the molecule is c1ccc2c(c1)CCNC2.c1ccc2sccc2c1. The van der Waals surface area contributed by atoms with E-state index in [2.05, 4.69) is 65.3 Å². The molecular weight excluding hydrogens is 250 g/mol. The Morgan fingerprint density at radius 2 is 1.63 bits per heavy atom. The predicted molar refractivity (Wildman–Crippen MR) is 83.7 cm³/mol. The minimum Gasteiger partial charge on any atom is -0.312 e. The van der Waals surface area contributed by atoms with Crippen molar-refractivity contribution in [2.24, 2.45) is 0 Å². The van der Waals surface area contributed by atoms with Crippen LogP contribution in [-0.2, 0) is 13.0 Å². The molecule has 0 saturated heterocycles. The van der Waals surface area contributed by atoms with Gasteiger partial charge in [0.15, 0.2) is 0 Å². The lowest BCUT2D eigenvalue weighted by Crippen LogP contribution is -2.23. The van der Waals surface area contributed by atoms with Crippen molar-refractivity contribution in [1.82, 2.24) is 5.32 Å². The summed E-state index contributed by atoms with van der Waals surface area (Å²) in [6, 6.07) is 19.2. The number of nitrogens with one attached hydrogen (secondary N) is 1. The van der Waals surface area contributed by atoms with Crippen molar-refractivity contribution in [2.75, 3.05) is 6.54 Å². The van der Waals surface area contributed by atoms with E-state index in [1.54, 1.807) is 11.3 Å². The van der Waals surface area contributed by atoms with Gasteiger partial charge in [0.05, 0.1) is 0 Å². The van der Waals surface area contributed by atoms with Crippen LogP contribution in [0.1, 0.15) is 11.1 Å². The fourth-order valence-electron chi connectivity index (χ4n) is 2.33. The quantitative estimate of drug-likeness (QED) is 0.642. The van der Waals surface area contributed by atoms with Crippen molar-refractivity contribution >= 4 is 21.4 Å². The van der Waals surface area contributed by atoms with Crippen LogP contribution in [0.3, 0.4) is 0 Å². The van der Waals surface area contributed by atoms with E-state index >= 15 is 0 Å². The summed E-state index contributed by atoms with van der Waals surface area (Å²) in [5.41, 5.74) is 2.98. The molecule has 19 heavy (non-hydrogen) atoms. The summed E-state index contributed by atoms with van der Waals surface area (Å²) in [6.45, 7) is 2.19. The maximum Gasteiger partial charge on any atom is 0.0342 e. The fraction of sp³-hybridized carbons (Fsp3) is 0.176. The number of fused-ring (bicyclic) bond motifs is 2. The second-order valence-corrected chi connectivity index (χ2v) is 5.60. The molecule has 0 atom stereocenters. The van der Waals surface area contributed by atoms with Crippen molar-refractivity contribution in [3.05, 3.63) is 71.1 Å². The van der Waals surface area contributed by atoms with Gasteiger partial charge in [-0.1, -0.05) is 42.5 Å². The van der Waals surface area contributed by atoms with Crippen molar-refractivity contribution in [3.63, 3.8) is 0 Å². The van der Waals surface area contributed by atoms with Gasteiger partial charge < -0.3 is 5.32 Å². The molecule has 2 heteroatoms. The summed E-state index contributed by atoms with van der Waals surface area (Å²) in [5, 5.41) is 6.81. The molecule has 2 aromatic carbocycles. The molecule has 0 fully saturated rings. The number of hydrogen-bond donors (Lipinski definition) is 1. The molecule has 1 N–H and O–H groups in total. The minimum atomic E-state index is 1.05. The first kappa shape index (κ1) is 12.4. The highest BCUT2D eigenvalue weighted by molar-refractivity contribution is 7.17. The average Bonchev–Trinajstić information content (AvgIpc) is 2.96. The van der Waals surface area contributed by atoms with Crippen LogP contribution >= 0.6 is 11.3 Å². The van der Waals surface area contributed by atoms with Crippen molar-refractivity contribution in [2.45, 2.75) is 13.0 Å². The molecule has 0 bridgehead atoms. The first-order chi connectivity index (χ1) is 9.43. The zero-order chi connectivity index (χ0) is 12.9. The zero-order valence-corrected chi connectivity index (χ0v) is 11.6. The monoisotopic (exact) mass is 267 g/mol. The Bertz CT molecular complexity index is 602. The summed E-state index contributed by atoms with van der Waals surface area (Å²) in [5.74, 6) is 0. The van der Waals surface area contributed by atoms with Gasteiger partial charge in [0, 0.05) is 11.2 Å². The summed E-state index contributed by atoms with van der Waals surface area (Å²) < 4.78 is 1.37. The maximum atomic E-state index is 3.34. The second-order valence-electron chi connectivity index (χ2n) is 4.65. The molecule has 96 valence electrons. The van der Waals surface area contributed by atoms with Crippen LogP contribution < -0.4 is 5.32 Å². The molecule has 0 aliphatic carbocycles. The highest BCUT2D eigenvalue weighted by Crippen LogP contribution is 2.18. The number of hydrogen-bond acceptors (Lipinski definition) is 2. The second kappa shape index (κ2) is 6.00. The Balaban J connectivity index is 0.000000117. The van der Waals surface area contributed by atoms with E-state index in [4.69, 9.17) is 0 Å². The first-order valence-corrected chi connectivity index (χ1v) is 7.51. The third-order valence-corrected chi connectivity index (χ3v) is 4.26. The first-order valence-electron chi connectivity index (χ1n) is 6.63. The van der Waals surface area contributed by atoms with E-state index in [1.807, 2.05) is 0 Å². The third kappa shape index (κ3) is 3.03. The van der Waals surface area contributed by atoms with E-state index in [1.165, 1.54) is 27.6 Å². The van der Waals surface area contributed by atoms with E-state index in [9.17, 15) is 0 Å². The van der Waals surface area contributed by atoms with E-state index in [0.717, 1.165) is 13.1 Å². The molecule has 0 saturated carbocycles. The molecule has 1 aliphatic heterocycles. The van der Waals surface area contributed by atoms with Crippen molar-refractivity contribution < 1.29 is 0 Å². The Hall–Kier alpha value is -1.64. The normalized spacial score (nSPS) is 13.5. The molecule has 2 heterocycles. The minimum absolute atomic E-state index is 1.05. The van der Waals surface area contributed by atoms with Crippen LogP contribution in [0.2, 0.25) is 0 Å². The van der Waals surface area contributed by atoms with Gasteiger partial charge in [-0.3, -0.25) is 0 Å². The fourth-order valence-corrected chi connectivity index (χ4v) is 3.12. The van der Waals surface area contributed by atoms with Gasteiger partial charge in [-0.15, -0.1) is 11.3 Å². The number of benzene rings is 2. The van der Waals surface area contributed by atoms with Crippen LogP contribution in [0.5, 0.6) is 0 Å². The zero-order valence-electron chi connectivity index (χ0n) is 10.8. The standard InChI is InChI=1S/C9H11N.C8H6S/c1-2-4-9-7-10-6-5-8(9)3-1;1-2-4-8-7(3-1)5-6-9-8/h1-4,10H,5-7H2;1-6H. The molecule has 4 rings (SSSR count). The number of rotatable bonds is 0. The average molecular weight is 267 g/mol. The van der Waals surface area contributed by atoms with Gasteiger partial charge >= 0.3 is 0 Å². The Kier molecular flexibility index (Phi) is 3.92. The van der Waals surface area contributed by atoms with Gasteiger partial charge in [0.1, 0.15) is 0 Å². The topological polar surface area (TPSA) is 12.0 Å². The van der Waals surface area contributed by atoms with Crippen molar-refractivity contribution in [3.8, 4) is 0 Å². The molecule has 1 aromatic heterocycles. The Labute approximate surface area is 117 Å². The molecule has 0 amide bonds. The molecule has 1 nitrogen and oxygen atoms in total. The molecule has 0 unspecified atom stereocenters. The van der Waals surface area contributed by atoms with E-state index in [0.29, 0.717) is 0 Å². The Morgan fingerprint density at radius 1 is 0.842 bits per heavy atom. The van der Waals surface area contributed by atoms with Gasteiger partial charge in [-0.25, -0.2) is 0 Å². The van der Waals surface area contributed by atoms with Crippen LogP contribution in [0.4, 0.5) is 0 Å². The lowest BCUT2D eigenvalue weighted by Gasteiger charge is -2.15. The molecule has 3 aromatic rings. The van der Waals surface area contributed by atoms with Crippen LogP contribution in [0.15, 0.2) is 60.0 Å². The molecule has 1 aliphatic rings.